The molecular formula is C38H42BrN5O3. The van der Waals surface area contributed by atoms with E-state index in [1.807, 2.05) is 42.5 Å². The summed E-state index contributed by atoms with van der Waals surface area (Å²) in [4.78, 5) is 32.1. The quantitative estimate of drug-likeness (QED) is 0.150. The number of nitrogens with zero attached hydrogens (tertiary/aromatic N) is 2. The predicted octanol–water partition coefficient (Wildman–Crippen LogP) is 6.56. The van der Waals surface area contributed by atoms with Gasteiger partial charge in [0.1, 0.15) is 0 Å². The van der Waals surface area contributed by atoms with Crippen LogP contribution in [-0.2, 0) is 6.42 Å². The molecule has 3 aliphatic rings. The summed E-state index contributed by atoms with van der Waals surface area (Å²) < 4.78 is 2.76. The number of hydrogen-bond acceptors (Lipinski definition) is 6. The van der Waals surface area contributed by atoms with Gasteiger partial charge in [-0.25, -0.2) is 0 Å². The first-order valence-electron chi connectivity index (χ1n) is 16.9. The van der Waals surface area contributed by atoms with Crippen molar-refractivity contribution < 1.29 is 9.90 Å². The van der Waals surface area contributed by atoms with E-state index in [1.54, 1.807) is 29.1 Å². The Balaban J connectivity index is 1.15. The topological polar surface area (TPSA) is 108 Å². The summed E-state index contributed by atoms with van der Waals surface area (Å²) in [6.07, 6.45) is 11.3. The molecule has 1 spiro atoms. The summed E-state index contributed by atoms with van der Waals surface area (Å²) in [5.74, 6) is -0.321. The number of benzene rings is 2. The summed E-state index contributed by atoms with van der Waals surface area (Å²) in [5, 5.41) is 22.4. The first kappa shape index (κ1) is 31.8. The number of halogens is 1. The molecule has 4 aromatic rings. The maximum absolute atomic E-state index is 14.1. The number of aliphatic hydroxyl groups excluding tert-OH is 1. The molecule has 7 rings (SSSR count). The number of nitrogens with one attached hydrogen (secondary N) is 3. The second-order valence-corrected chi connectivity index (χ2v) is 14.4. The van der Waals surface area contributed by atoms with Crippen molar-refractivity contribution in [3.05, 3.63) is 117 Å². The van der Waals surface area contributed by atoms with Crippen LogP contribution in [0.15, 0.2) is 94.5 Å². The smallest absolute Gasteiger partial charge is 0.260 e. The fourth-order valence-electron chi connectivity index (χ4n) is 7.58. The van der Waals surface area contributed by atoms with Crippen molar-refractivity contribution in [2.75, 3.05) is 11.9 Å². The van der Waals surface area contributed by atoms with Gasteiger partial charge >= 0.3 is 0 Å². The van der Waals surface area contributed by atoms with Gasteiger partial charge in [-0.3, -0.25) is 14.6 Å². The van der Waals surface area contributed by atoms with Crippen LogP contribution in [-0.4, -0.2) is 44.8 Å². The molecule has 244 valence electrons. The second-order valence-electron chi connectivity index (χ2n) is 13.5. The molecule has 3 heterocycles. The molecule has 2 aromatic carbocycles. The zero-order valence-corrected chi connectivity index (χ0v) is 28.1. The number of carbonyl (C=O) groups is 1. The Bertz CT molecular complexity index is 1770. The van der Waals surface area contributed by atoms with Crippen LogP contribution in [0.3, 0.4) is 0 Å². The monoisotopic (exact) mass is 695 g/mol. The zero-order chi connectivity index (χ0) is 32.4. The van der Waals surface area contributed by atoms with Gasteiger partial charge in [-0.2, -0.15) is 0 Å². The SMILES string of the molecule is O=C(N[C@@H](Cc1ccccc1)[C@H](O)CN[C@H]1CC2(CCC2)Nc2ccc(Br)cc21)c1cc(-c2ccccn2)c(=O)n(C2CCCC2)c1. The Morgan fingerprint density at radius 3 is 2.55 bits per heavy atom. The first-order valence-corrected chi connectivity index (χ1v) is 17.7. The summed E-state index contributed by atoms with van der Waals surface area (Å²) in [5.41, 5.74) is 4.65. The Labute approximate surface area is 284 Å². The Morgan fingerprint density at radius 2 is 1.83 bits per heavy atom. The van der Waals surface area contributed by atoms with Crippen LogP contribution < -0.4 is 21.5 Å². The molecule has 0 saturated heterocycles. The number of pyridine rings is 2. The Hall–Kier alpha value is -3.79. The average Bonchev–Trinajstić information content (AvgIpc) is 3.62. The molecule has 0 radical (unpaired) electrons. The molecule has 3 atom stereocenters. The van der Waals surface area contributed by atoms with Crippen molar-refractivity contribution in [3.8, 4) is 11.3 Å². The molecule has 9 heteroatoms. The molecular weight excluding hydrogens is 654 g/mol. The Morgan fingerprint density at radius 1 is 1.04 bits per heavy atom. The maximum Gasteiger partial charge on any atom is 0.260 e. The van der Waals surface area contributed by atoms with Gasteiger partial charge in [0.05, 0.1) is 29.0 Å². The first-order chi connectivity index (χ1) is 22.9. The lowest BCUT2D eigenvalue weighted by Crippen LogP contribution is -2.53. The number of hydrogen-bond donors (Lipinski definition) is 4. The number of anilines is 1. The van der Waals surface area contributed by atoms with Crippen LogP contribution in [0.4, 0.5) is 5.69 Å². The second kappa shape index (κ2) is 13.7. The van der Waals surface area contributed by atoms with E-state index in [-0.39, 0.29) is 29.1 Å². The molecule has 47 heavy (non-hydrogen) atoms. The van der Waals surface area contributed by atoms with Crippen LogP contribution in [0, 0.1) is 0 Å². The van der Waals surface area contributed by atoms with Crippen LogP contribution >= 0.6 is 15.9 Å². The number of amides is 1. The van der Waals surface area contributed by atoms with Crippen molar-refractivity contribution >= 4 is 27.5 Å². The zero-order valence-electron chi connectivity index (χ0n) is 26.5. The molecule has 1 aliphatic heterocycles. The van der Waals surface area contributed by atoms with E-state index < -0.39 is 12.1 Å². The third-order valence-corrected chi connectivity index (χ3v) is 10.8. The third kappa shape index (κ3) is 6.93. The lowest BCUT2D eigenvalue weighted by molar-refractivity contribution is 0.0817. The van der Waals surface area contributed by atoms with Gasteiger partial charge in [-0.05, 0) is 92.5 Å². The molecule has 2 saturated carbocycles. The van der Waals surface area contributed by atoms with E-state index in [9.17, 15) is 14.7 Å². The van der Waals surface area contributed by atoms with E-state index in [0.29, 0.717) is 29.8 Å². The molecule has 8 nitrogen and oxygen atoms in total. The lowest BCUT2D eigenvalue weighted by atomic mass is 9.69. The van der Waals surface area contributed by atoms with Crippen molar-refractivity contribution in [3.63, 3.8) is 0 Å². The molecule has 1 amide bonds. The van der Waals surface area contributed by atoms with E-state index in [4.69, 9.17) is 0 Å². The van der Waals surface area contributed by atoms with Gasteiger partial charge in [0.25, 0.3) is 11.5 Å². The van der Waals surface area contributed by atoms with Gasteiger partial charge in [0, 0.05) is 46.7 Å². The van der Waals surface area contributed by atoms with Crippen molar-refractivity contribution in [1.82, 2.24) is 20.2 Å². The average molecular weight is 697 g/mol. The molecule has 0 unspecified atom stereocenters. The predicted molar refractivity (Wildman–Crippen MR) is 189 cm³/mol. The minimum Gasteiger partial charge on any atom is -0.390 e. The minimum atomic E-state index is -0.863. The van der Waals surface area contributed by atoms with Crippen molar-refractivity contribution in [2.45, 2.75) is 87.6 Å². The number of fused-ring (bicyclic) bond motifs is 1. The molecule has 2 fully saturated rings. The minimum absolute atomic E-state index is 0.0551. The molecule has 0 bridgehead atoms. The van der Waals surface area contributed by atoms with Crippen LogP contribution in [0.25, 0.3) is 11.3 Å². The maximum atomic E-state index is 14.1. The van der Waals surface area contributed by atoms with Gasteiger partial charge in [0.15, 0.2) is 0 Å². The van der Waals surface area contributed by atoms with Gasteiger partial charge in [0.2, 0.25) is 0 Å². The van der Waals surface area contributed by atoms with Gasteiger partial charge in [-0.15, -0.1) is 0 Å². The lowest BCUT2D eigenvalue weighted by Gasteiger charge is -2.49. The number of aliphatic hydroxyl groups is 1. The van der Waals surface area contributed by atoms with Crippen molar-refractivity contribution in [1.29, 1.82) is 0 Å². The van der Waals surface area contributed by atoms with E-state index in [2.05, 4.69) is 55.1 Å². The normalized spacial score (nSPS) is 19.7. The standard InChI is InChI=1S/C38H42BrN5O3/c39-27-14-15-32-29(21-27)34(22-38(43-32)16-8-17-38)41-23-35(45)33(19-25-9-2-1-3-10-25)42-36(46)26-20-30(31-13-6-7-18-40-31)37(47)44(24-26)28-11-4-5-12-28/h1-3,6-7,9-10,13-15,18,20-21,24,28,33-35,41,43,45H,4-5,8,11-12,16-17,19,22-23H2,(H,42,46)/t33-,34-,35+/m0/s1. The third-order valence-electron chi connectivity index (χ3n) is 10.3. The number of rotatable bonds is 10. The highest BCUT2D eigenvalue weighted by Crippen LogP contribution is 2.47. The fraction of sp³-hybridized carbons (Fsp3) is 0.395. The fourth-order valence-corrected chi connectivity index (χ4v) is 7.96. The largest absolute Gasteiger partial charge is 0.390 e. The van der Waals surface area contributed by atoms with Gasteiger partial charge < -0.3 is 25.6 Å². The highest BCUT2D eigenvalue weighted by atomic mass is 79.9. The highest BCUT2D eigenvalue weighted by Gasteiger charge is 2.43. The van der Waals surface area contributed by atoms with Crippen LogP contribution in [0.1, 0.15) is 84.9 Å². The van der Waals surface area contributed by atoms with Gasteiger partial charge in [-0.1, -0.05) is 65.2 Å². The van der Waals surface area contributed by atoms with E-state index in [1.165, 1.54) is 12.0 Å². The highest BCUT2D eigenvalue weighted by molar-refractivity contribution is 9.10. The summed E-state index contributed by atoms with van der Waals surface area (Å²) in [7, 11) is 0. The molecule has 2 aromatic heterocycles. The Kier molecular flexibility index (Phi) is 9.30. The van der Waals surface area contributed by atoms with Crippen LogP contribution in [0.2, 0.25) is 0 Å². The summed E-state index contributed by atoms with van der Waals surface area (Å²) in [6.45, 7) is 0.311. The summed E-state index contributed by atoms with van der Waals surface area (Å²) in [6, 6.07) is 22.9. The van der Waals surface area contributed by atoms with E-state index >= 15 is 0 Å². The van der Waals surface area contributed by atoms with Crippen LogP contribution in [0.5, 0.6) is 0 Å². The summed E-state index contributed by atoms with van der Waals surface area (Å²) >= 11 is 3.64. The number of aromatic nitrogens is 2. The van der Waals surface area contributed by atoms with Crippen molar-refractivity contribution in [2.24, 2.45) is 0 Å². The molecule has 2 aliphatic carbocycles. The molecule has 4 N–H and O–H groups in total. The number of carbonyl (C=O) groups excluding carboxylic acids is 1. The van der Waals surface area contributed by atoms with E-state index in [0.717, 1.165) is 60.7 Å².